The van der Waals surface area contributed by atoms with Crippen molar-refractivity contribution in [2.75, 3.05) is 10.9 Å². The van der Waals surface area contributed by atoms with Crippen LogP contribution in [-0.2, 0) is 20.0 Å². The lowest BCUT2D eigenvalue weighted by molar-refractivity contribution is -0.383. The quantitative estimate of drug-likeness (QED) is 0.252. The molecule has 1 heterocycles. The molecule has 0 amide bonds. The third kappa shape index (κ3) is 5.78. The van der Waals surface area contributed by atoms with Gasteiger partial charge in [0.1, 0.15) is 6.33 Å². The average molecular weight is 494 g/mol. The molecule has 174 valence electrons. The fourth-order valence-electron chi connectivity index (χ4n) is 2.52. The van der Waals surface area contributed by atoms with Gasteiger partial charge in [0.05, 0.1) is 14.7 Å². The third-order valence-electron chi connectivity index (χ3n) is 4.28. The molecule has 4 N–H and O–H groups in total. The molecular formula is C18H19N7O6S2. The Kier molecular flexibility index (Phi) is 6.87. The van der Waals surface area contributed by atoms with Gasteiger partial charge in [0.25, 0.3) is 20.0 Å². The maximum absolute atomic E-state index is 12.4. The number of nitrogens with zero attached hydrogens (tertiary/aromatic N) is 3. The molecular weight excluding hydrogens is 474 g/mol. The van der Waals surface area contributed by atoms with Gasteiger partial charge in [-0.15, -0.1) is 9.66 Å². The standard InChI is InChI=1S/C18H19N7O6S2/c1-12-3-7-14(8-4-12)32(28,29)23-21-17-16(25(26)27)18(20-11-19-17)22-24-33(30,31)15-9-5-13(2)6-10-15/h3-11,23-24H,1-2H3,(H2,19,20,21,22). The number of nitro groups is 1. The first-order chi connectivity index (χ1) is 15.5. The minimum absolute atomic E-state index is 0.0819. The molecule has 0 spiro atoms. The van der Waals surface area contributed by atoms with Gasteiger partial charge < -0.3 is 0 Å². The molecule has 33 heavy (non-hydrogen) atoms. The third-order valence-corrected chi connectivity index (χ3v) is 6.80. The Morgan fingerprint density at radius 1 is 0.727 bits per heavy atom. The van der Waals surface area contributed by atoms with Gasteiger partial charge in [-0.05, 0) is 38.1 Å². The summed E-state index contributed by atoms with van der Waals surface area (Å²) in [5.74, 6) is -1.02. The molecule has 13 nitrogen and oxygen atoms in total. The van der Waals surface area contributed by atoms with E-state index in [1.54, 1.807) is 38.1 Å². The van der Waals surface area contributed by atoms with Gasteiger partial charge >= 0.3 is 5.69 Å². The molecule has 0 saturated carbocycles. The van der Waals surface area contributed by atoms with Gasteiger partial charge in [0, 0.05) is 0 Å². The van der Waals surface area contributed by atoms with Crippen LogP contribution in [0.2, 0.25) is 0 Å². The van der Waals surface area contributed by atoms with Crippen LogP contribution in [0.15, 0.2) is 64.6 Å². The molecule has 0 aliphatic rings. The van der Waals surface area contributed by atoms with E-state index in [4.69, 9.17) is 0 Å². The molecule has 1 aromatic heterocycles. The Morgan fingerprint density at radius 2 is 1.09 bits per heavy atom. The number of sulfonamides is 2. The number of hydrogen-bond acceptors (Lipinski definition) is 10. The van der Waals surface area contributed by atoms with E-state index in [9.17, 15) is 26.9 Å². The van der Waals surface area contributed by atoms with Gasteiger partial charge in [-0.25, -0.2) is 26.8 Å². The first-order valence-corrected chi connectivity index (χ1v) is 12.1. The number of nitrogens with one attached hydrogen (secondary N) is 4. The van der Waals surface area contributed by atoms with Crippen molar-refractivity contribution >= 4 is 37.4 Å². The fourth-order valence-corrected chi connectivity index (χ4v) is 4.20. The molecule has 2 aromatic carbocycles. The summed E-state index contributed by atoms with van der Waals surface area (Å²) in [5.41, 5.74) is 5.24. The first kappa shape index (κ1) is 24.0. The monoisotopic (exact) mass is 493 g/mol. The molecule has 0 atom stereocenters. The van der Waals surface area contributed by atoms with Crippen molar-refractivity contribution in [3.05, 3.63) is 76.1 Å². The van der Waals surface area contributed by atoms with Crippen LogP contribution in [0, 0.1) is 24.0 Å². The van der Waals surface area contributed by atoms with Gasteiger partial charge in [0.15, 0.2) is 0 Å². The van der Waals surface area contributed by atoms with E-state index in [1.165, 1.54) is 24.3 Å². The Hall–Kier alpha value is -3.66. The van der Waals surface area contributed by atoms with Crippen LogP contribution in [-0.4, -0.2) is 31.7 Å². The van der Waals surface area contributed by atoms with Crippen LogP contribution in [0.4, 0.5) is 17.3 Å². The minimum Gasteiger partial charge on any atom is -0.286 e. The normalized spacial score (nSPS) is 11.7. The van der Waals surface area contributed by atoms with Crippen LogP contribution in [0.5, 0.6) is 0 Å². The lowest BCUT2D eigenvalue weighted by Crippen LogP contribution is -2.32. The number of hydrogen-bond donors (Lipinski definition) is 4. The topological polar surface area (TPSA) is 185 Å². The van der Waals surface area contributed by atoms with Crippen LogP contribution >= 0.6 is 0 Å². The van der Waals surface area contributed by atoms with Crippen molar-refractivity contribution < 1.29 is 21.8 Å². The minimum atomic E-state index is -4.08. The zero-order chi connectivity index (χ0) is 24.2. The second kappa shape index (κ2) is 9.45. The number of anilines is 2. The van der Waals surface area contributed by atoms with E-state index >= 15 is 0 Å². The summed E-state index contributed by atoms with van der Waals surface area (Å²) in [6.07, 6.45) is 0.887. The Balaban J connectivity index is 1.81. The fraction of sp³-hybridized carbons (Fsp3) is 0.111. The molecule has 0 aliphatic carbocycles. The highest BCUT2D eigenvalue weighted by molar-refractivity contribution is 7.89. The highest BCUT2D eigenvalue weighted by Gasteiger charge is 2.26. The summed E-state index contributed by atoms with van der Waals surface area (Å²) in [6, 6.07) is 11.8. The first-order valence-electron chi connectivity index (χ1n) is 9.18. The van der Waals surface area contributed by atoms with E-state index in [0.29, 0.717) is 0 Å². The maximum Gasteiger partial charge on any atom is 0.355 e. The number of hydrazine groups is 2. The van der Waals surface area contributed by atoms with E-state index < -0.39 is 42.3 Å². The summed E-state index contributed by atoms with van der Waals surface area (Å²) in [6.45, 7) is 3.57. The summed E-state index contributed by atoms with van der Waals surface area (Å²) < 4.78 is 49.7. The van der Waals surface area contributed by atoms with Gasteiger partial charge in [-0.2, -0.15) is 0 Å². The number of benzene rings is 2. The van der Waals surface area contributed by atoms with Gasteiger partial charge in [-0.3, -0.25) is 21.0 Å². The predicted octanol–water partition coefficient (Wildman–Crippen LogP) is 1.61. The Morgan fingerprint density at radius 3 is 1.42 bits per heavy atom. The molecule has 3 aromatic rings. The highest BCUT2D eigenvalue weighted by atomic mass is 32.2. The average Bonchev–Trinajstić information content (AvgIpc) is 2.77. The number of aryl methyl sites for hydroxylation is 2. The lowest BCUT2D eigenvalue weighted by Gasteiger charge is -2.12. The molecule has 15 heteroatoms. The van der Waals surface area contributed by atoms with E-state index in [-0.39, 0.29) is 9.79 Å². The maximum atomic E-state index is 12.4. The second-order valence-electron chi connectivity index (χ2n) is 6.76. The molecule has 3 rings (SSSR count). The van der Waals surface area contributed by atoms with Gasteiger partial charge in [-0.1, -0.05) is 35.4 Å². The number of rotatable bonds is 9. The van der Waals surface area contributed by atoms with E-state index in [0.717, 1.165) is 17.5 Å². The largest absolute Gasteiger partial charge is 0.355 e. The molecule has 0 radical (unpaired) electrons. The van der Waals surface area contributed by atoms with Crippen LogP contribution in [0.1, 0.15) is 11.1 Å². The van der Waals surface area contributed by atoms with Crippen molar-refractivity contribution in [2.45, 2.75) is 23.6 Å². The van der Waals surface area contributed by atoms with Crippen LogP contribution in [0.3, 0.4) is 0 Å². The molecule has 0 aliphatic heterocycles. The smallest absolute Gasteiger partial charge is 0.286 e. The molecule has 0 fully saturated rings. The van der Waals surface area contributed by atoms with Crippen LogP contribution < -0.4 is 20.5 Å². The summed E-state index contributed by atoms with van der Waals surface area (Å²) >= 11 is 0. The lowest BCUT2D eigenvalue weighted by atomic mass is 10.2. The molecule has 0 saturated heterocycles. The van der Waals surface area contributed by atoms with Crippen molar-refractivity contribution in [1.29, 1.82) is 0 Å². The van der Waals surface area contributed by atoms with E-state index in [1.807, 2.05) is 9.66 Å². The summed E-state index contributed by atoms with van der Waals surface area (Å²) in [7, 11) is -8.16. The zero-order valence-electron chi connectivity index (χ0n) is 17.3. The predicted molar refractivity (Wildman–Crippen MR) is 119 cm³/mol. The Labute approximate surface area is 189 Å². The van der Waals surface area contributed by atoms with Crippen LogP contribution in [0.25, 0.3) is 0 Å². The van der Waals surface area contributed by atoms with Crippen molar-refractivity contribution in [2.24, 2.45) is 0 Å². The summed E-state index contributed by atoms with van der Waals surface area (Å²) in [5, 5.41) is 11.6. The molecule has 0 unspecified atom stereocenters. The van der Waals surface area contributed by atoms with Crippen molar-refractivity contribution in [1.82, 2.24) is 19.6 Å². The van der Waals surface area contributed by atoms with Crippen molar-refractivity contribution in [3.8, 4) is 0 Å². The Bertz CT molecular complexity index is 1280. The second-order valence-corrected chi connectivity index (χ2v) is 10.1. The molecule has 0 bridgehead atoms. The zero-order valence-corrected chi connectivity index (χ0v) is 18.9. The van der Waals surface area contributed by atoms with Gasteiger partial charge in [0.2, 0.25) is 11.6 Å². The van der Waals surface area contributed by atoms with Crippen molar-refractivity contribution in [3.63, 3.8) is 0 Å². The SMILES string of the molecule is Cc1ccc(S(=O)(=O)NNc2ncnc(NNS(=O)(=O)c3ccc(C)cc3)c2[N+](=O)[O-])cc1. The van der Waals surface area contributed by atoms with E-state index in [2.05, 4.69) is 20.8 Å². The highest BCUT2D eigenvalue weighted by Crippen LogP contribution is 2.28. The number of aromatic nitrogens is 2. The summed E-state index contributed by atoms with van der Waals surface area (Å²) in [4.78, 5) is 21.9.